The summed E-state index contributed by atoms with van der Waals surface area (Å²) in [5.74, 6) is 0.536. The molecule has 0 aromatic heterocycles. The molecule has 0 saturated carbocycles. The zero-order valence-corrected chi connectivity index (χ0v) is 10.2. The van der Waals surface area contributed by atoms with Crippen molar-refractivity contribution in [1.29, 1.82) is 0 Å². The molecule has 0 heterocycles. The van der Waals surface area contributed by atoms with Crippen molar-refractivity contribution in [3.63, 3.8) is 0 Å². The molecule has 1 atom stereocenters. The van der Waals surface area contributed by atoms with Gasteiger partial charge in [0, 0.05) is 6.54 Å². The molecule has 0 radical (unpaired) electrons. The van der Waals surface area contributed by atoms with Gasteiger partial charge in [0.05, 0.1) is 0 Å². The number of ether oxygens (including phenoxy) is 1. The van der Waals surface area contributed by atoms with Crippen molar-refractivity contribution in [3.8, 4) is 5.75 Å². The predicted octanol–water partition coefficient (Wildman–Crippen LogP) is 2.90. The van der Waals surface area contributed by atoms with E-state index < -0.39 is 0 Å². The highest BCUT2D eigenvalue weighted by atomic mass is 19.1. The summed E-state index contributed by atoms with van der Waals surface area (Å²) in [5, 5.41) is 3.29. The number of nitrogens with one attached hydrogen (secondary N) is 1. The molecule has 1 aromatic rings. The molecular formula is C13H20FNO. The molecule has 1 N–H and O–H groups in total. The van der Waals surface area contributed by atoms with E-state index in [0.717, 1.165) is 30.8 Å². The van der Waals surface area contributed by atoms with Crippen molar-refractivity contribution in [2.45, 2.75) is 33.3 Å². The number of benzene rings is 1. The first-order chi connectivity index (χ1) is 7.63. The monoisotopic (exact) mass is 225 g/mol. The summed E-state index contributed by atoms with van der Waals surface area (Å²) in [6.07, 6.45) is 1.21. The lowest BCUT2D eigenvalue weighted by atomic mass is 10.2. The van der Waals surface area contributed by atoms with Crippen LogP contribution in [0.15, 0.2) is 18.2 Å². The second kappa shape index (κ2) is 6.48. The zero-order valence-electron chi connectivity index (χ0n) is 10.2. The van der Waals surface area contributed by atoms with Crippen molar-refractivity contribution < 1.29 is 9.13 Å². The molecule has 0 amide bonds. The number of halogens is 1. The lowest BCUT2D eigenvalue weighted by molar-refractivity contribution is 0.216. The number of aryl methyl sites for hydroxylation is 1. The molecule has 1 rings (SSSR count). The van der Waals surface area contributed by atoms with Gasteiger partial charge in [-0.1, -0.05) is 6.92 Å². The van der Waals surface area contributed by atoms with Crippen LogP contribution in [-0.4, -0.2) is 19.2 Å². The Labute approximate surface area is 96.8 Å². The van der Waals surface area contributed by atoms with Gasteiger partial charge in [0.25, 0.3) is 0 Å². The molecule has 16 heavy (non-hydrogen) atoms. The van der Waals surface area contributed by atoms with Crippen LogP contribution < -0.4 is 10.1 Å². The van der Waals surface area contributed by atoms with Crippen LogP contribution in [0.25, 0.3) is 0 Å². The predicted molar refractivity (Wildman–Crippen MR) is 64.4 cm³/mol. The highest BCUT2D eigenvalue weighted by Crippen LogP contribution is 2.19. The molecule has 0 spiro atoms. The van der Waals surface area contributed by atoms with Crippen molar-refractivity contribution in [3.05, 3.63) is 29.6 Å². The van der Waals surface area contributed by atoms with Crippen LogP contribution in [0.1, 0.15) is 25.8 Å². The molecule has 2 nitrogen and oxygen atoms in total. The van der Waals surface area contributed by atoms with E-state index in [0.29, 0.717) is 0 Å². The van der Waals surface area contributed by atoms with Crippen LogP contribution in [0, 0.1) is 12.7 Å². The van der Waals surface area contributed by atoms with E-state index in [4.69, 9.17) is 4.74 Å². The first-order valence-corrected chi connectivity index (χ1v) is 5.77. The average Bonchev–Trinajstić information content (AvgIpc) is 2.23. The highest BCUT2D eigenvalue weighted by Gasteiger charge is 2.06. The van der Waals surface area contributed by atoms with Gasteiger partial charge >= 0.3 is 0 Å². The van der Waals surface area contributed by atoms with E-state index >= 15 is 0 Å². The molecule has 0 aliphatic heterocycles. The largest absolute Gasteiger partial charge is 0.489 e. The first kappa shape index (κ1) is 13.0. The van der Waals surface area contributed by atoms with Crippen LogP contribution >= 0.6 is 0 Å². The summed E-state index contributed by atoms with van der Waals surface area (Å²) < 4.78 is 18.6. The Bertz CT molecular complexity index is 328. The number of hydrogen-bond donors (Lipinski definition) is 1. The van der Waals surface area contributed by atoms with Gasteiger partial charge in [-0.25, -0.2) is 4.39 Å². The molecule has 0 bridgehead atoms. The maximum absolute atomic E-state index is 12.9. The fourth-order valence-electron chi connectivity index (χ4n) is 1.49. The molecule has 0 aliphatic rings. The minimum atomic E-state index is -0.221. The van der Waals surface area contributed by atoms with E-state index in [9.17, 15) is 4.39 Å². The lowest BCUT2D eigenvalue weighted by Gasteiger charge is -2.16. The van der Waals surface area contributed by atoms with Gasteiger partial charge in [-0.2, -0.15) is 0 Å². The Hall–Kier alpha value is -1.09. The fraction of sp³-hybridized carbons (Fsp3) is 0.538. The second-order valence-corrected chi connectivity index (χ2v) is 4.04. The minimum absolute atomic E-state index is 0.0933. The quantitative estimate of drug-likeness (QED) is 0.752. The van der Waals surface area contributed by atoms with E-state index in [-0.39, 0.29) is 11.9 Å². The van der Waals surface area contributed by atoms with E-state index in [1.807, 2.05) is 13.8 Å². The molecular weight excluding hydrogens is 205 g/mol. The second-order valence-electron chi connectivity index (χ2n) is 4.04. The van der Waals surface area contributed by atoms with Gasteiger partial charge in [-0.15, -0.1) is 0 Å². The number of hydrogen-bond acceptors (Lipinski definition) is 2. The highest BCUT2D eigenvalue weighted by molar-refractivity contribution is 5.32. The van der Waals surface area contributed by atoms with Crippen molar-refractivity contribution in [2.24, 2.45) is 0 Å². The minimum Gasteiger partial charge on any atom is -0.489 e. The molecule has 3 heteroatoms. The van der Waals surface area contributed by atoms with E-state index in [1.54, 1.807) is 6.07 Å². The van der Waals surface area contributed by atoms with Crippen LogP contribution in [0.4, 0.5) is 4.39 Å². The van der Waals surface area contributed by atoms with Crippen molar-refractivity contribution in [1.82, 2.24) is 5.32 Å². The third kappa shape index (κ3) is 4.19. The maximum Gasteiger partial charge on any atom is 0.123 e. The van der Waals surface area contributed by atoms with Gasteiger partial charge in [0.2, 0.25) is 0 Å². The third-order valence-corrected chi connectivity index (χ3v) is 2.32. The summed E-state index contributed by atoms with van der Waals surface area (Å²) >= 11 is 0. The SMILES string of the molecule is CCCNCC(C)Oc1ccc(F)cc1C. The van der Waals surface area contributed by atoms with Gasteiger partial charge in [0.15, 0.2) is 0 Å². The van der Waals surface area contributed by atoms with Crippen LogP contribution in [0.3, 0.4) is 0 Å². The average molecular weight is 225 g/mol. The Morgan fingerprint density at radius 1 is 1.44 bits per heavy atom. The topological polar surface area (TPSA) is 21.3 Å². The normalized spacial score (nSPS) is 12.5. The van der Waals surface area contributed by atoms with Gasteiger partial charge in [-0.3, -0.25) is 0 Å². The summed E-state index contributed by atoms with van der Waals surface area (Å²) in [7, 11) is 0. The van der Waals surface area contributed by atoms with Crippen molar-refractivity contribution in [2.75, 3.05) is 13.1 Å². The van der Waals surface area contributed by atoms with Gasteiger partial charge in [-0.05, 0) is 50.6 Å². The first-order valence-electron chi connectivity index (χ1n) is 5.77. The van der Waals surface area contributed by atoms with Crippen LogP contribution in [0.5, 0.6) is 5.75 Å². The Kier molecular flexibility index (Phi) is 5.26. The lowest BCUT2D eigenvalue weighted by Crippen LogP contribution is -2.29. The van der Waals surface area contributed by atoms with Gasteiger partial charge in [0.1, 0.15) is 17.7 Å². The molecule has 90 valence electrons. The Morgan fingerprint density at radius 3 is 2.81 bits per heavy atom. The maximum atomic E-state index is 12.9. The number of rotatable bonds is 6. The summed E-state index contributed by atoms with van der Waals surface area (Å²) in [6.45, 7) is 7.79. The smallest absolute Gasteiger partial charge is 0.123 e. The Morgan fingerprint density at radius 2 is 2.19 bits per heavy atom. The molecule has 0 aliphatic carbocycles. The standard InChI is InChI=1S/C13H20FNO/c1-4-7-15-9-11(3)16-13-6-5-12(14)8-10(13)2/h5-6,8,11,15H,4,7,9H2,1-3H3. The Balaban J connectivity index is 2.46. The summed E-state index contributed by atoms with van der Waals surface area (Å²) in [4.78, 5) is 0. The van der Waals surface area contributed by atoms with E-state index in [1.165, 1.54) is 12.1 Å². The summed E-state index contributed by atoms with van der Waals surface area (Å²) in [6, 6.07) is 4.59. The van der Waals surface area contributed by atoms with Crippen LogP contribution in [0.2, 0.25) is 0 Å². The molecule has 0 saturated heterocycles. The molecule has 1 aromatic carbocycles. The fourth-order valence-corrected chi connectivity index (χ4v) is 1.49. The van der Waals surface area contributed by atoms with Crippen LogP contribution in [-0.2, 0) is 0 Å². The van der Waals surface area contributed by atoms with E-state index in [2.05, 4.69) is 12.2 Å². The van der Waals surface area contributed by atoms with Crippen molar-refractivity contribution >= 4 is 0 Å². The zero-order chi connectivity index (χ0) is 12.0. The molecule has 1 unspecified atom stereocenters. The molecule has 0 fully saturated rings. The van der Waals surface area contributed by atoms with Gasteiger partial charge < -0.3 is 10.1 Å². The summed E-state index contributed by atoms with van der Waals surface area (Å²) in [5.41, 5.74) is 0.836. The third-order valence-electron chi connectivity index (χ3n) is 2.32.